The number of hydrogen-bond donors (Lipinski definition) is 2. The van der Waals surface area contributed by atoms with E-state index in [2.05, 4.69) is 5.32 Å². The summed E-state index contributed by atoms with van der Waals surface area (Å²) >= 11 is 0. The van der Waals surface area contributed by atoms with Crippen LogP contribution in [0.2, 0.25) is 0 Å². The smallest absolute Gasteiger partial charge is 0.419 e. The highest BCUT2D eigenvalue weighted by Gasteiger charge is 2.34. The topological polar surface area (TPSA) is 41.5 Å². The number of ether oxygens (including phenoxy) is 1. The number of rotatable bonds is 9. The molecule has 2 N–H and O–H groups in total. The Morgan fingerprint density at radius 2 is 1.95 bits per heavy atom. The molecule has 0 unspecified atom stereocenters. The number of benzene rings is 1. The minimum Gasteiger partial charge on any atom is -0.493 e. The van der Waals surface area contributed by atoms with E-state index in [0.717, 1.165) is 12.5 Å². The van der Waals surface area contributed by atoms with Crippen LogP contribution in [0.15, 0.2) is 18.2 Å². The maximum atomic E-state index is 13.0. The second-order valence-electron chi connectivity index (χ2n) is 4.74. The third-order valence-electron chi connectivity index (χ3n) is 2.99. The van der Waals surface area contributed by atoms with Crippen molar-refractivity contribution in [2.24, 2.45) is 0 Å². The Labute approximate surface area is 123 Å². The van der Waals surface area contributed by atoms with E-state index in [1.807, 2.05) is 6.92 Å². The number of unbranched alkanes of at least 4 members (excludes halogenated alkanes) is 2. The van der Waals surface area contributed by atoms with Crippen LogP contribution in [0, 0.1) is 0 Å². The molecule has 0 radical (unpaired) electrons. The predicted octanol–water partition coefficient (Wildman–Crippen LogP) is 3.36. The monoisotopic (exact) mass is 305 g/mol. The van der Waals surface area contributed by atoms with Crippen LogP contribution in [0.1, 0.15) is 37.3 Å². The maximum Gasteiger partial charge on any atom is 0.419 e. The zero-order valence-corrected chi connectivity index (χ0v) is 12.2. The van der Waals surface area contributed by atoms with Gasteiger partial charge in [0.25, 0.3) is 0 Å². The zero-order valence-electron chi connectivity index (χ0n) is 12.2. The van der Waals surface area contributed by atoms with Crippen LogP contribution in [-0.4, -0.2) is 24.9 Å². The summed E-state index contributed by atoms with van der Waals surface area (Å²) in [5.41, 5.74) is -0.156. The Balaban J connectivity index is 2.73. The third-order valence-corrected chi connectivity index (χ3v) is 2.99. The lowest BCUT2D eigenvalue weighted by atomic mass is 10.1. The number of halogens is 3. The molecule has 0 saturated carbocycles. The van der Waals surface area contributed by atoms with E-state index in [-0.39, 0.29) is 19.0 Å². The fraction of sp³-hybridized carbons (Fsp3) is 0.600. The SMILES string of the molecule is CCNCc1ccc(OCCCCCO)c(C(F)(F)F)c1. The molecular formula is C15H22F3NO2. The third kappa shape index (κ3) is 6.35. The van der Waals surface area contributed by atoms with Crippen molar-refractivity contribution in [1.29, 1.82) is 0 Å². The van der Waals surface area contributed by atoms with Crippen LogP contribution >= 0.6 is 0 Å². The molecule has 0 heterocycles. The molecule has 1 rings (SSSR count). The molecule has 0 aliphatic carbocycles. The van der Waals surface area contributed by atoms with E-state index in [9.17, 15) is 13.2 Å². The summed E-state index contributed by atoms with van der Waals surface area (Å²) in [6.07, 6.45) is -2.44. The molecule has 0 fully saturated rings. The van der Waals surface area contributed by atoms with Crippen LogP contribution in [0.5, 0.6) is 5.75 Å². The first-order valence-electron chi connectivity index (χ1n) is 7.13. The fourth-order valence-corrected chi connectivity index (χ4v) is 1.88. The van der Waals surface area contributed by atoms with Gasteiger partial charge in [0, 0.05) is 13.2 Å². The van der Waals surface area contributed by atoms with Gasteiger partial charge in [-0.05, 0) is 43.5 Å². The molecule has 0 bridgehead atoms. The van der Waals surface area contributed by atoms with E-state index in [1.165, 1.54) is 6.07 Å². The van der Waals surface area contributed by atoms with Gasteiger partial charge in [0.1, 0.15) is 5.75 Å². The Bertz CT molecular complexity index is 422. The molecular weight excluding hydrogens is 283 g/mol. The highest BCUT2D eigenvalue weighted by molar-refractivity contribution is 5.39. The maximum absolute atomic E-state index is 13.0. The summed E-state index contributed by atoms with van der Waals surface area (Å²) in [4.78, 5) is 0. The first-order chi connectivity index (χ1) is 9.99. The van der Waals surface area contributed by atoms with Gasteiger partial charge >= 0.3 is 6.18 Å². The van der Waals surface area contributed by atoms with Crippen molar-refractivity contribution >= 4 is 0 Å². The number of alkyl halides is 3. The summed E-state index contributed by atoms with van der Waals surface area (Å²) in [6, 6.07) is 4.15. The van der Waals surface area contributed by atoms with Gasteiger partial charge in [0.2, 0.25) is 0 Å². The number of aliphatic hydroxyl groups is 1. The molecule has 6 heteroatoms. The first-order valence-corrected chi connectivity index (χ1v) is 7.13. The summed E-state index contributed by atoms with van der Waals surface area (Å²) in [7, 11) is 0. The molecule has 0 saturated heterocycles. The summed E-state index contributed by atoms with van der Waals surface area (Å²) in [5, 5.41) is 11.6. The molecule has 0 amide bonds. The summed E-state index contributed by atoms with van der Waals surface area (Å²) < 4.78 is 44.4. The van der Waals surface area contributed by atoms with Crippen LogP contribution in [-0.2, 0) is 12.7 Å². The van der Waals surface area contributed by atoms with Crippen LogP contribution < -0.4 is 10.1 Å². The lowest BCUT2D eigenvalue weighted by Crippen LogP contribution is -2.14. The normalized spacial score (nSPS) is 11.7. The van der Waals surface area contributed by atoms with Crippen molar-refractivity contribution in [1.82, 2.24) is 5.32 Å². The van der Waals surface area contributed by atoms with Gasteiger partial charge < -0.3 is 15.2 Å². The van der Waals surface area contributed by atoms with Gasteiger partial charge in [-0.3, -0.25) is 0 Å². The van der Waals surface area contributed by atoms with Gasteiger partial charge in [-0.25, -0.2) is 0 Å². The van der Waals surface area contributed by atoms with Crippen molar-refractivity contribution in [3.8, 4) is 5.75 Å². The average molecular weight is 305 g/mol. The Morgan fingerprint density at radius 3 is 2.57 bits per heavy atom. The standard InChI is InChI=1S/C15H22F3NO2/c1-2-19-11-12-6-7-14(13(10-12)15(16,17)18)21-9-5-3-4-8-20/h6-7,10,19-20H,2-5,8-9,11H2,1H3. The van der Waals surface area contributed by atoms with Crippen LogP contribution in [0.3, 0.4) is 0 Å². The highest BCUT2D eigenvalue weighted by atomic mass is 19.4. The predicted molar refractivity (Wildman–Crippen MR) is 75.3 cm³/mol. The number of aliphatic hydroxyl groups excluding tert-OH is 1. The lowest BCUT2D eigenvalue weighted by Gasteiger charge is -2.15. The van der Waals surface area contributed by atoms with E-state index in [4.69, 9.17) is 9.84 Å². The Morgan fingerprint density at radius 1 is 1.19 bits per heavy atom. The average Bonchev–Trinajstić information content (AvgIpc) is 2.44. The molecule has 1 aromatic carbocycles. The second-order valence-corrected chi connectivity index (χ2v) is 4.74. The van der Waals surface area contributed by atoms with Crippen molar-refractivity contribution in [3.05, 3.63) is 29.3 Å². The van der Waals surface area contributed by atoms with Gasteiger partial charge in [-0.15, -0.1) is 0 Å². The molecule has 0 aliphatic heterocycles. The van der Waals surface area contributed by atoms with Gasteiger partial charge in [0.05, 0.1) is 12.2 Å². The van der Waals surface area contributed by atoms with E-state index in [0.29, 0.717) is 31.5 Å². The van der Waals surface area contributed by atoms with E-state index >= 15 is 0 Å². The molecule has 120 valence electrons. The van der Waals surface area contributed by atoms with Crippen LogP contribution in [0.4, 0.5) is 13.2 Å². The van der Waals surface area contributed by atoms with Gasteiger partial charge in [0.15, 0.2) is 0 Å². The minimum absolute atomic E-state index is 0.0902. The van der Waals surface area contributed by atoms with Gasteiger partial charge in [-0.1, -0.05) is 13.0 Å². The van der Waals surface area contributed by atoms with Crippen molar-refractivity contribution in [2.75, 3.05) is 19.8 Å². The molecule has 0 aliphatic rings. The zero-order chi connectivity index (χ0) is 15.7. The minimum atomic E-state index is -4.43. The largest absolute Gasteiger partial charge is 0.493 e. The molecule has 0 aromatic heterocycles. The van der Waals surface area contributed by atoms with Gasteiger partial charge in [-0.2, -0.15) is 13.2 Å². The lowest BCUT2D eigenvalue weighted by molar-refractivity contribution is -0.139. The van der Waals surface area contributed by atoms with E-state index in [1.54, 1.807) is 6.07 Å². The number of hydrogen-bond acceptors (Lipinski definition) is 3. The Kier molecular flexibility index (Phi) is 7.53. The molecule has 21 heavy (non-hydrogen) atoms. The molecule has 1 aromatic rings. The second kappa shape index (κ2) is 8.89. The fourth-order valence-electron chi connectivity index (χ4n) is 1.88. The van der Waals surface area contributed by atoms with E-state index < -0.39 is 11.7 Å². The van der Waals surface area contributed by atoms with Crippen molar-refractivity contribution in [3.63, 3.8) is 0 Å². The molecule has 3 nitrogen and oxygen atoms in total. The molecule has 0 atom stereocenters. The van der Waals surface area contributed by atoms with Crippen molar-refractivity contribution < 1.29 is 23.0 Å². The number of nitrogens with one attached hydrogen (secondary N) is 1. The summed E-state index contributed by atoms with van der Waals surface area (Å²) in [6.45, 7) is 3.30. The first kappa shape index (κ1) is 17.8. The molecule has 0 spiro atoms. The van der Waals surface area contributed by atoms with Crippen molar-refractivity contribution in [2.45, 2.75) is 38.9 Å². The highest BCUT2D eigenvalue weighted by Crippen LogP contribution is 2.37. The quantitative estimate of drug-likeness (QED) is 0.687. The van der Waals surface area contributed by atoms with Crippen LogP contribution in [0.25, 0.3) is 0 Å². The Hall–Kier alpha value is -1.27. The summed E-state index contributed by atoms with van der Waals surface area (Å²) in [5.74, 6) is -0.133.